The Kier molecular flexibility index (Phi) is 3.46. The van der Waals surface area contributed by atoms with E-state index in [4.69, 9.17) is 9.84 Å². The Morgan fingerprint density at radius 1 is 1.37 bits per heavy atom. The van der Waals surface area contributed by atoms with Gasteiger partial charge in [0.15, 0.2) is 0 Å². The van der Waals surface area contributed by atoms with Gasteiger partial charge in [0, 0.05) is 25.2 Å². The van der Waals surface area contributed by atoms with Gasteiger partial charge in [-0.3, -0.25) is 4.68 Å². The minimum absolute atomic E-state index is 0.0145. The number of rotatable bonds is 4. The highest BCUT2D eigenvalue weighted by molar-refractivity contribution is 5.88. The van der Waals surface area contributed by atoms with E-state index in [-0.39, 0.29) is 17.9 Å². The summed E-state index contributed by atoms with van der Waals surface area (Å²) in [5.74, 6) is -2.69. The minimum atomic E-state index is -1.14. The van der Waals surface area contributed by atoms with Gasteiger partial charge in [-0.1, -0.05) is 0 Å². The van der Waals surface area contributed by atoms with Gasteiger partial charge >= 0.3 is 5.97 Å². The molecule has 0 fully saturated rings. The molecule has 1 aromatic heterocycles. The molecule has 0 saturated heterocycles. The second kappa shape index (κ2) is 5.05. The van der Waals surface area contributed by atoms with E-state index in [1.807, 2.05) is 0 Å². The number of carboxylic acid groups (broad SMARTS) is 1. The summed E-state index contributed by atoms with van der Waals surface area (Å²) in [5, 5.41) is 12.7. The molecule has 0 unspecified atom stereocenters. The van der Waals surface area contributed by atoms with E-state index >= 15 is 0 Å². The smallest absolute Gasteiger partial charge is 0.339 e. The summed E-state index contributed by atoms with van der Waals surface area (Å²) < 4.78 is 32.4. The number of carboxylic acids is 1. The van der Waals surface area contributed by atoms with Gasteiger partial charge in [0.2, 0.25) is 0 Å². The van der Waals surface area contributed by atoms with Gasteiger partial charge in [0.25, 0.3) is 0 Å². The molecule has 0 bridgehead atoms. The molecule has 0 radical (unpaired) electrons. The van der Waals surface area contributed by atoms with Crippen molar-refractivity contribution in [1.82, 2.24) is 9.78 Å². The van der Waals surface area contributed by atoms with Gasteiger partial charge in [-0.25, -0.2) is 13.6 Å². The van der Waals surface area contributed by atoms with Crippen molar-refractivity contribution in [1.29, 1.82) is 0 Å². The van der Waals surface area contributed by atoms with Crippen LogP contribution >= 0.6 is 0 Å². The fraction of sp³-hybridized carbons (Fsp3) is 0.167. The lowest BCUT2D eigenvalue weighted by Crippen LogP contribution is -2.08. The Morgan fingerprint density at radius 3 is 2.58 bits per heavy atom. The Morgan fingerprint density at radius 2 is 2.00 bits per heavy atom. The number of ether oxygens (including phenoxy) is 1. The summed E-state index contributed by atoms with van der Waals surface area (Å²) >= 11 is 0. The second-order valence-electron chi connectivity index (χ2n) is 3.83. The molecular formula is C12H10F2N2O3. The van der Waals surface area contributed by atoms with E-state index in [1.165, 1.54) is 10.9 Å². The van der Waals surface area contributed by atoms with E-state index in [1.54, 1.807) is 7.05 Å². The number of aryl methyl sites for hydroxylation is 1. The number of halogens is 2. The number of carbonyl (C=O) groups is 1. The Hall–Kier alpha value is -2.44. The fourth-order valence-electron chi connectivity index (χ4n) is 1.58. The molecule has 1 N–H and O–H groups in total. The molecule has 0 aliphatic carbocycles. The van der Waals surface area contributed by atoms with Crippen molar-refractivity contribution in [2.45, 2.75) is 6.61 Å². The summed E-state index contributed by atoms with van der Waals surface area (Å²) in [6, 6.07) is 2.75. The van der Waals surface area contributed by atoms with E-state index in [0.717, 1.165) is 18.2 Å². The van der Waals surface area contributed by atoms with Crippen molar-refractivity contribution in [3.63, 3.8) is 0 Å². The van der Waals surface area contributed by atoms with Crippen molar-refractivity contribution in [2.24, 2.45) is 7.05 Å². The van der Waals surface area contributed by atoms with Crippen molar-refractivity contribution in [3.05, 3.63) is 47.3 Å². The normalized spacial score (nSPS) is 10.5. The first kappa shape index (κ1) is 13.0. The predicted molar refractivity (Wildman–Crippen MR) is 60.9 cm³/mol. The molecule has 2 aromatic rings. The Balaban J connectivity index is 2.18. The zero-order valence-corrected chi connectivity index (χ0v) is 9.93. The standard InChI is InChI=1S/C12H10F2N2O3/c1-16-11(10(5-15-16)12(17)18)6-19-9-3-7(13)2-8(14)4-9/h2-5H,6H2,1H3,(H,17,18). The molecule has 0 saturated carbocycles. The highest BCUT2D eigenvalue weighted by Gasteiger charge is 2.15. The van der Waals surface area contributed by atoms with Crippen LogP contribution in [0.2, 0.25) is 0 Å². The van der Waals surface area contributed by atoms with Gasteiger partial charge in [-0.15, -0.1) is 0 Å². The Bertz CT molecular complexity index is 605. The number of benzene rings is 1. The van der Waals surface area contributed by atoms with E-state index in [0.29, 0.717) is 5.69 Å². The molecule has 0 atom stereocenters. The molecule has 2 rings (SSSR count). The summed E-state index contributed by atoms with van der Waals surface area (Å²) in [7, 11) is 1.55. The van der Waals surface area contributed by atoms with Crippen LogP contribution in [0.1, 0.15) is 16.1 Å². The maximum Gasteiger partial charge on any atom is 0.339 e. The third kappa shape index (κ3) is 2.87. The maximum absolute atomic E-state index is 12.9. The largest absolute Gasteiger partial charge is 0.487 e. The monoisotopic (exact) mass is 268 g/mol. The maximum atomic E-state index is 12.9. The fourth-order valence-corrected chi connectivity index (χ4v) is 1.58. The SMILES string of the molecule is Cn1ncc(C(=O)O)c1COc1cc(F)cc(F)c1. The average Bonchev–Trinajstić information content (AvgIpc) is 2.67. The van der Waals surface area contributed by atoms with Crippen LogP contribution in [0, 0.1) is 11.6 Å². The molecule has 0 amide bonds. The van der Waals surface area contributed by atoms with Crippen molar-refractivity contribution in [3.8, 4) is 5.75 Å². The molecule has 0 aliphatic heterocycles. The third-order valence-corrected chi connectivity index (χ3v) is 2.50. The quantitative estimate of drug-likeness (QED) is 0.920. The average molecular weight is 268 g/mol. The van der Waals surface area contributed by atoms with Crippen LogP contribution in [0.15, 0.2) is 24.4 Å². The molecule has 1 aromatic carbocycles. The van der Waals surface area contributed by atoms with Crippen LogP contribution in [0.5, 0.6) is 5.75 Å². The van der Waals surface area contributed by atoms with Crippen molar-refractivity contribution < 1.29 is 23.4 Å². The topological polar surface area (TPSA) is 64.4 Å². The molecule has 0 spiro atoms. The highest BCUT2D eigenvalue weighted by atomic mass is 19.1. The molecule has 19 heavy (non-hydrogen) atoms. The lowest BCUT2D eigenvalue weighted by atomic mass is 10.2. The summed E-state index contributed by atoms with van der Waals surface area (Å²) in [5.41, 5.74) is 0.288. The van der Waals surface area contributed by atoms with Crippen LogP contribution in [-0.4, -0.2) is 20.9 Å². The summed E-state index contributed by atoms with van der Waals surface area (Å²) in [6.45, 7) is -0.152. The first-order valence-corrected chi connectivity index (χ1v) is 5.30. The van der Waals surface area contributed by atoms with Crippen LogP contribution in [0.4, 0.5) is 8.78 Å². The van der Waals surface area contributed by atoms with E-state index in [9.17, 15) is 13.6 Å². The second-order valence-corrected chi connectivity index (χ2v) is 3.83. The zero-order chi connectivity index (χ0) is 14.0. The predicted octanol–water partition coefficient (Wildman–Crippen LogP) is 1.98. The number of hydrogen-bond acceptors (Lipinski definition) is 3. The summed E-state index contributed by atoms with van der Waals surface area (Å²) in [4.78, 5) is 10.9. The van der Waals surface area contributed by atoms with Crippen LogP contribution in [0.3, 0.4) is 0 Å². The third-order valence-electron chi connectivity index (χ3n) is 2.50. The van der Waals surface area contributed by atoms with Crippen LogP contribution in [-0.2, 0) is 13.7 Å². The highest BCUT2D eigenvalue weighted by Crippen LogP contribution is 2.18. The summed E-state index contributed by atoms with van der Waals surface area (Å²) in [6.07, 6.45) is 1.19. The first-order valence-electron chi connectivity index (χ1n) is 5.30. The van der Waals surface area contributed by atoms with Crippen LogP contribution < -0.4 is 4.74 Å². The number of aromatic carboxylic acids is 1. The molecular weight excluding hydrogens is 258 g/mol. The van der Waals surface area contributed by atoms with Crippen molar-refractivity contribution in [2.75, 3.05) is 0 Å². The van der Waals surface area contributed by atoms with Gasteiger partial charge in [0.05, 0.1) is 11.9 Å². The van der Waals surface area contributed by atoms with Gasteiger partial charge in [-0.05, 0) is 0 Å². The number of aromatic nitrogens is 2. The van der Waals surface area contributed by atoms with Gasteiger partial charge in [-0.2, -0.15) is 5.10 Å². The zero-order valence-electron chi connectivity index (χ0n) is 9.93. The Labute approximate surface area is 107 Å². The van der Waals surface area contributed by atoms with Gasteiger partial charge < -0.3 is 9.84 Å². The number of nitrogens with zero attached hydrogens (tertiary/aromatic N) is 2. The lowest BCUT2D eigenvalue weighted by molar-refractivity contribution is 0.0693. The molecule has 0 aliphatic rings. The van der Waals surface area contributed by atoms with E-state index in [2.05, 4.69) is 5.10 Å². The van der Waals surface area contributed by atoms with Gasteiger partial charge in [0.1, 0.15) is 29.6 Å². The molecule has 1 heterocycles. The van der Waals surface area contributed by atoms with Crippen molar-refractivity contribution >= 4 is 5.97 Å². The minimum Gasteiger partial charge on any atom is -0.487 e. The molecule has 7 heteroatoms. The van der Waals surface area contributed by atoms with Crippen LogP contribution in [0.25, 0.3) is 0 Å². The first-order chi connectivity index (χ1) is 8.97. The number of hydrogen-bond donors (Lipinski definition) is 1. The molecule has 100 valence electrons. The molecule has 5 nitrogen and oxygen atoms in total. The van der Waals surface area contributed by atoms with E-state index < -0.39 is 17.6 Å². The lowest BCUT2D eigenvalue weighted by Gasteiger charge is -2.08.